The first kappa shape index (κ1) is 49.5. The molecule has 0 radical (unpaired) electrons. The number of likely N-dealkylation sites (tertiary alicyclic amines) is 2. The van der Waals surface area contributed by atoms with E-state index >= 15 is 0 Å². The minimum atomic E-state index is -1.23. The molecule has 20 nitrogen and oxygen atoms in total. The van der Waals surface area contributed by atoms with Crippen LogP contribution < -0.4 is 43.4 Å². The van der Waals surface area contributed by atoms with Gasteiger partial charge in [0.2, 0.25) is 41.4 Å². The number of nitrogens with two attached hydrogens (primary N) is 2. The average Bonchev–Trinajstić information content (AvgIpc) is 4.05. The third-order valence-electron chi connectivity index (χ3n) is 11.6. The van der Waals surface area contributed by atoms with Crippen LogP contribution in [0.2, 0.25) is 0 Å². The maximum absolute atomic E-state index is 14.1. The Labute approximate surface area is 362 Å². The summed E-state index contributed by atoms with van der Waals surface area (Å²) >= 11 is 0. The van der Waals surface area contributed by atoms with Gasteiger partial charge in [-0.2, -0.15) is 0 Å². The molecule has 0 unspecified atom stereocenters. The van der Waals surface area contributed by atoms with E-state index in [0.717, 1.165) is 6.42 Å². The third kappa shape index (κ3) is 14.2. The van der Waals surface area contributed by atoms with Crippen LogP contribution in [-0.2, 0) is 44.8 Å². The second kappa shape index (κ2) is 24.5. The largest absolute Gasteiger partial charge is 0.480 e. The quantitative estimate of drug-likeness (QED) is 0.0521. The topological polar surface area (TPSA) is 308 Å². The zero-order chi connectivity index (χ0) is 45.3. The Morgan fingerprint density at radius 3 is 1.94 bits per heavy atom. The standard InChI is InChI=1S/C42H66N10O10/c1-25(40(59)51-21-11-17-33(51)38(57)49-31(42(61)62)15-7-9-19-44)47-37(56)32(22-27-12-4-3-5-13-27)50-36(55)30(14-6-8-18-43)48-39(58)34-23-28(53)24-52(34)41(60)26(2)46-35(54)29-16-10-20-45-29/h3-5,12-13,25-26,28-34,45,53H,6-11,14-24,43-44H2,1-2H3,(H,46,54)(H,47,56)(H,48,58)(H,49,57)(H,50,55)(H,61,62)/t25-,26-,28+,29-,30-,31-,32-,33-,34-/m0/s1. The minimum absolute atomic E-state index is 0.00928. The van der Waals surface area contributed by atoms with E-state index in [9.17, 15) is 48.6 Å². The molecule has 3 aliphatic heterocycles. The lowest BCUT2D eigenvalue weighted by atomic mass is 10.0. The maximum atomic E-state index is 14.1. The first-order chi connectivity index (χ1) is 29.6. The van der Waals surface area contributed by atoms with Crippen molar-refractivity contribution in [2.75, 3.05) is 32.7 Å². The fraction of sp³-hybridized carbons (Fsp3) is 0.667. The van der Waals surface area contributed by atoms with Gasteiger partial charge in [-0.05, 0) is 103 Å². The van der Waals surface area contributed by atoms with Gasteiger partial charge in [0.15, 0.2) is 0 Å². The van der Waals surface area contributed by atoms with Gasteiger partial charge in [0.25, 0.3) is 0 Å². The summed E-state index contributed by atoms with van der Waals surface area (Å²) in [6.45, 7) is 4.41. The van der Waals surface area contributed by atoms with Gasteiger partial charge in [0.05, 0.1) is 12.1 Å². The van der Waals surface area contributed by atoms with Crippen LogP contribution in [0, 0.1) is 0 Å². The number of carbonyl (C=O) groups is 8. The molecular weight excluding hydrogens is 805 g/mol. The van der Waals surface area contributed by atoms with Gasteiger partial charge in [-0.3, -0.25) is 33.6 Å². The van der Waals surface area contributed by atoms with Crippen molar-refractivity contribution < 1.29 is 48.6 Å². The number of aliphatic hydroxyl groups is 1. The molecule has 3 aliphatic rings. The summed E-state index contributed by atoms with van der Waals surface area (Å²) < 4.78 is 0. The van der Waals surface area contributed by atoms with Gasteiger partial charge in [0.1, 0.15) is 42.3 Å². The number of hydrogen-bond acceptors (Lipinski definition) is 12. The number of aliphatic carboxylic acids is 1. The molecule has 0 spiro atoms. The van der Waals surface area contributed by atoms with E-state index in [4.69, 9.17) is 11.5 Å². The second-order valence-corrected chi connectivity index (χ2v) is 16.5. The number of benzene rings is 1. The molecule has 3 heterocycles. The fourth-order valence-electron chi connectivity index (χ4n) is 8.15. The molecule has 4 rings (SSSR count). The Hall–Kier alpha value is -5.18. The summed E-state index contributed by atoms with van der Waals surface area (Å²) in [5.74, 6) is -5.38. The van der Waals surface area contributed by atoms with Crippen molar-refractivity contribution >= 4 is 47.3 Å². The zero-order valence-corrected chi connectivity index (χ0v) is 35.8. The highest BCUT2D eigenvalue weighted by Gasteiger charge is 2.43. The van der Waals surface area contributed by atoms with E-state index in [1.165, 1.54) is 23.6 Å². The van der Waals surface area contributed by atoms with Gasteiger partial charge in [-0.1, -0.05) is 30.3 Å². The number of hydrogen-bond donors (Lipinski definition) is 10. The normalized spacial score (nSPS) is 22.1. The molecule has 62 heavy (non-hydrogen) atoms. The number of carboxylic acids is 1. The Kier molecular flexibility index (Phi) is 19.5. The molecule has 9 atom stereocenters. The van der Waals surface area contributed by atoms with Crippen molar-refractivity contribution in [2.45, 2.75) is 145 Å². The Morgan fingerprint density at radius 1 is 0.710 bits per heavy atom. The van der Waals surface area contributed by atoms with E-state index in [0.29, 0.717) is 70.1 Å². The van der Waals surface area contributed by atoms with Crippen molar-refractivity contribution in [1.82, 2.24) is 41.7 Å². The molecule has 0 aliphatic carbocycles. The minimum Gasteiger partial charge on any atom is -0.480 e. The molecule has 7 amide bonds. The van der Waals surface area contributed by atoms with Crippen LogP contribution in [0.3, 0.4) is 0 Å². The highest BCUT2D eigenvalue weighted by molar-refractivity contribution is 5.98. The molecular formula is C42H66N10O10. The summed E-state index contributed by atoms with van der Waals surface area (Å²) in [6.07, 6.45) is 3.47. The van der Waals surface area contributed by atoms with Crippen LogP contribution in [0.15, 0.2) is 30.3 Å². The van der Waals surface area contributed by atoms with E-state index in [1.807, 2.05) is 0 Å². The van der Waals surface area contributed by atoms with Crippen LogP contribution in [0.4, 0.5) is 0 Å². The number of amides is 7. The molecule has 3 fully saturated rings. The van der Waals surface area contributed by atoms with Crippen molar-refractivity contribution in [3.05, 3.63) is 35.9 Å². The van der Waals surface area contributed by atoms with E-state index in [1.54, 1.807) is 30.3 Å². The average molecular weight is 871 g/mol. The molecule has 0 aromatic heterocycles. The fourth-order valence-corrected chi connectivity index (χ4v) is 8.15. The van der Waals surface area contributed by atoms with Crippen molar-refractivity contribution in [2.24, 2.45) is 11.5 Å². The van der Waals surface area contributed by atoms with E-state index < -0.39 is 95.9 Å². The predicted octanol–water partition coefficient (Wildman–Crippen LogP) is -2.26. The van der Waals surface area contributed by atoms with E-state index in [2.05, 4.69) is 31.9 Å². The van der Waals surface area contributed by atoms with Gasteiger partial charge >= 0.3 is 5.97 Å². The number of carboxylic acid groups (broad SMARTS) is 1. The van der Waals surface area contributed by atoms with Gasteiger partial charge in [0, 0.05) is 25.9 Å². The molecule has 20 heteroatoms. The molecule has 1 aromatic rings. The van der Waals surface area contributed by atoms with Crippen LogP contribution in [-0.4, -0.2) is 154 Å². The summed E-state index contributed by atoms with van der Waals surface area (Å²) in [4.78, 5) is 110. The SMILES string of the molecule is C[C@H](NC(=O)[C@H](Cc1ccccc1)NC(=O)[C@H](CCCCN)NC(=O)[C@@H]1C[C@@H](O)CN1C(=O)[C@H](C)NC(=O)[C@@H]1CCCN1)C(=O)N1CCC[C@H]1C(=O)N[C@@H](CCCCN)C(=O)O. The summed E-state index contributed by atoms with van der Waals surface area (Å²) in [5, 5.41) is 36.7. The van der Waals surface area contributed by atoms with Crippen LogP contribution in [0.1, 0.15) is 90.0 Å². The van der Waals surface area contributed by atoms with Crippen molar-refractivity contribution in [3.63, 3.8) is 0 Å². The smallest absolute Gasteiger partial charge is 0.326 e. The number of nitrogens with one attached hydrogen (secondary N) is 6. The van der Waals surface area contributed by atoms with Gasteiger partial charge in [-0.25, -0.2) is 4.79 Å². The predicted molar refractivity (Wildman–Crippen MR) is 226 cm³/mol. The molecule has 0 bridgehead atoms. The molecule has 12 N–H and O–H groups in total. The molecule has 3 saturated heterocycles. The molecule has 1 aromatic carbocycles. The highest BCUT2D eigenvalue weighted by Crippen LogP contribution is 2.22. The summed E-state index contributed by atoms with van der Waals surface area (Å²) in [6, 6.07) is 0.617. The highest BCUT2D eigenvalue weighted by atomic mass is 16.4. The molecule has 0 saturated carbocycles. The lowest BCUT2D eigenvalue weighted by Gasteiger charge is -2.30. The first-order valence-corrected chi connectivity index (χ1v) is 21.9. The van der Waals surface area contributed by atoms with Crippen LogP contribution in [0.5, 0.6) is 0 Å². The number of rotatable bonds is 23. The van der Waals surface area contributed by atoms with Gasteiger partial charge < -0.3 is 63.4 Å². The third-order valence-corrected chi connectivity index (χ3v) is 11.6. The Bertz CT molecular complexity index is 1710. The van der Waals surface area contributed by atoms with Crippen LogP contribution in [0.25, 0.3) is 0 Å². The Balaban J connectivity index is 1.46. The second-order valence-electron chi connectivity index (χ2n) is 16.5. The summed E-state index contributed by atoms with van der Waals surface area (Å²) in [7, 11) is 0. The van der Waals surface area contributed by atoms with Gasteiger partial charge in [-0.15, -0.1) is 0 Å². The number of unbranched alkanes of at least 4 members (excludes halogenated alkanes) is 2. The first-order valence-electron chi connectivity index (χ1n) is 21.9. The maximum Gasteiger partial charge on any atom is 0.326 e. The Morgan fingerprint density at radius 2 is 1.31 bits per heavy atom. The number of carbonyl (C=O) groups excluding carboxylic acids is 7. The number of β-amino-alcohol motifs (C(OH)–C–C–N with tert-alkyl or cyclic N) is 1. The molecule has 344 valence electrons. The van der Waals surface area contributed by atoms with E-state index in [-0.39, 0.29) is 44.7 Å². The lowest BCUT2D eigenvalue weighted by Crippen LogP contribution is -2.59. The monoisotopic (exact) mass is 870 g/mol. The summed E-state index contributed by atoms with van der Waals surface area (Å²) in [5.41, 5.74) is 12.0. The van der Waals surface area contributed by atoms with Crippen LogP contribution >= 0.6 is 0 Å². The lowest BCUT2D eigenvalue weighted by molar-refractivity contribution is -0.145. The van der Waals surface area contributed by atoms with Crippen molar-refractivity contribution in [1.29, 1.82) is 0 Å². The number of aliphatic hydroxyl groups excluding tert-OH is 1. The zero-order valence-electron chi connectivity index (χ0n) is 35.8. The number of nitrogens with zero attached hydrogens (tertiary/aromatic N) is 2. The van der Waals surface area contributed by atoms with Crippen molar-refractivity contribution in [3.8, 4) is 0 Å².